The summed E-state index contributed by atoms with van der Waals surface area (Å²) in [4.78, 5) is 0. The van der Waals surface area contributed by atoms with Gasteiger partial charge in [0.1, 0.15) is 0 Å². The molecule has 0 aliphatic carbocycles. The molecule has 1 aromatic heterocycles. The van der Waals surface area contributed by atoms with E-state index in [1.54, 1.807) is 10.9 Å². The average Bonchev–Trinajstić information content (AvgIpc) is 2.76. The number of hydrogen-bond acceptors (Lipinski definition) is 4. The summed E-state index contributed by atoms with van der Waals surface area (Å²) < 4.78 is 28.2. The van der Waals surface area contributed by atoms with Crippen LogP contribution >= 0.6 is 0 Å². The molecule has 6 heteroatoms. The first-order valence-corrected chi connectivity index (χ1v) is 7.71. The first kappa shape index (κ1) is 13.8. The van der Waals surface area contributed by atoms with E-state index in [4.69, 9.17) is 4.18 Å². The highest BCUT2D eigenvalue weighted by molar-refractivity contribution is 7.85. The van der Waals surface area contributed by atoms with E-state index >= 15 is 0 Å². The summed E-state index contributed by atoms with van der Waals surface area (Å²) >= 11 is 0. The molecule has 0 N–H and O–H groups in total. The van der Waals surface area contributed by atoms with Gasteiger partial charge in [-0.3, -0.25) is 4.18 Å². The third kappa shape index (κ3) is 4.18. The van der Waals surface area contributed by atoms with Gasteiger partial charge in [-0.1, -0.05) is 12.1 Å². The molecule has 0 aliphatic heterocycles. The van der Waals surface area contributed by atoms with E-state index < -0.39 is 10.1 Å². The van der Waals surface area contributed by atoms with Gasteiger partial charge >= 0.3 is 0 Å². The van der Waals surface area contributed by atoms with E-state index in [9.17, 15) is 8.42 Å². The molecular formula is C13H16N2O3S. The van der Waals surface area contributed by atoms with Crippen LogP contribution in [0.1, 0.15) is 11.1 Å². The number of aryl methyl sites for hydroxylation is 1. The lowest BCUT2D eigenvalue weighted by Gasteiger charge is -2.02. The largest absolute Gasteiger partial charge is 0.270 e. The molecule has 5 nitrogen and oxygen atoms in total. The number of aromatic nitrogens is 2. The monoisotopic (exact) mass is 280 g/mol. The van der Waals surface area contributed by atoms with Gasteiger partial charge in [-0.2, -0.15) is 13.5 Å². The van der Waals surface area contributed by atoms with Crippen molar-refractivity contribution in [2.75, 3.05) is 12.9 Å². The predicted molar refractivity (Wildman–Crippen MR) is 72.8 cm³/mol. The highest BCUT2D eigenvalue weighted by Crippen LogP contribution is 2.10. The van der Waals surface area contributed by atoms with Crippen LogP contribution in [0.2, 0.25) is 0 Å². The Morgan fingerprint density at radius 1 is 1.37 bits per heavy atom. The third-order valence-electron chi connectivity index (χ3n) is 2.59. The van der Waals surface area contributed by atoms with Crippen molar-refractivity contribution in [3.63, 3.8) is 0 Å². The average molecular weight is 280 g/mol. The minimum Gasteiger partial charge on any atom is -0.270 e. The first-order valence-electron chi connectivity index (χ1n) is 5.89. The molecule has 0 saturated heterocycles. The second-order valence-corrected chi connectivity index (χ2v) is 6.05. The minimum atomic E-state index is -3.37. The maximum Gasteiger partial charge on any atom is 0.264 e. The lowest BCUT2D eigenvalue weighted by molar-refractivity contribution is 0.326. The van der Waals surface area contributed by atoms with Gasteiger partial charge in [0.25, 0.3) is 10.1 Å². The highest BCUT2D eigenvalue weighted by Gasteiger charge is 2.04. The van der Waals surface area contributed by atoms with E-state index in [1.807, 2.05) is 37.4 Å². The van der Waals surface area contributed by atoms with E-state index in [-0.39, 0.29) is 6.61 Å². The fourth-order valence-electron chi connectivity index (χ4n) is 1.71. The molecule has 2 rings (SSSR count). The zero-order chi connectivity index (χ0) is 13.9. The van der Waals surface area contributed by atoms with Crippen molar-refractivity contribution < 1.29 is 12.6 Å². The topological polar surface area (TPSA) is 61.2 Å². The number of hydrogen-bond donors (Lipinski definition) is 0. The van der Waals surface area contributed by atoms with E-state index in [0.29, 0.717) is 6.42 Å². The van der Waals surface area contributed by atoms with Crippen LogP contribution in [-0.4, -0.2) is 31.1 Å². The van der Waals surface area contributed by atoms with Crippen LogP contribution in [0.3, 0.4) is 0 Å². The minimum absolute atomic E-state index is 0.137. The molecule has 0 unspecified atom stereocenters. The Balaban J connectivity index is 2.03. The lowest BCUT2D eigenvalue weighted by atomic mass is 10.2. The van der Waals surface area contributed by atoms with Crippen molar-refractivity contribution in [2.45, 2.75) is 13.3 Å². The fraction of sp³-hybridized carbons (Fsp3) is 0.308. The van der Waals surface area contributed by atoms with Gasteiger partial charge in [0.2, 0.25) is 0 Å². The van der Waals surface area contributed by atoms with E-state index in [2.05, 4.69) is 5.10 Å². The van der Waals surface area contributed by atoms with Crippen molar-refractivity contribution in [1.82, 2.24) is 9.78 Å². The Hall–Kier alpha value is -1.66. The predicted octanol–water partition coefficient (Wildman–Crippen LogP) is 1.70. The van der Waals surface area contributed by atoms with Gasteiger partial charge in [0, 0.05) is 12.6 Å². The van der Waals surface area contributed by atoms with Crippen LogP contribution in [-0.2, 0) is 20.7 Å². The molecule has 1 heterocycles. The lowest BCUT2D eigenvalue weighted by Crippen LogP contribution is -2.05. The Bertz CT molecular complexity index is 662. The molecule has 0 atom stereocenters. The van der Waals surface area contributed by atoms with Crippen LogP contribution in [0, 0.1) is 6.92 Å². The van der Waals surface area contributed by atoms with Gasteiger partial charge in [-0.15, -0.1) is 0 Å². The Morgan fingerprint density at radius 2 is 2.16 bits per heavy atom. The molecular weight excluding hydrogens is 264 g/mol. The zero-order valence-electron chi connectivity index (χ0n) is 10.9. The van der Waals surface area contributed by atoms with Crippen LogP contribution in [0.4, 0.5) is 0 Å². The Labute approximate surface area is 113 Å². The summed E-state index contributed by atoms with van der Waals surface area (Å²) in [5.74, 6) is 0. The van der Waals surface area contributed by atoms with Gasteiger partial charge in [0.15, 0.2) is 0 Å². The quantitative estimate of drug-likeness (QED) is 0.782. The third-order valence-corrected chi connectivity index (χ3v) is 3.19. The van der Waals surface area contributed by atoms with Crippen molar-refractivity contribution in [3.8, 4) is 5.69 Å². The molecule has 0 saturated carbocycles. The summed E-state index contributed by atoms with van der Waals surface area (Å²) in [6.07, 6.45) is 5.15. The SMILES string of the molecule is Cc1cccc(-n2cc(CCOS(C)(=O)=O)cn2)c1. The standard InChI is InChI=1S/C13H16N2O3S/c1-11-4-3-5-13(8-11)15-10-12(9-14-15)6-7-18-19(2,16)17/h3-5,8-10H,6-7H2,1-2H3. The van der Waals surface area contributed by atoms with Crippen LogP contribution < -0.4 is 0 Å². The molecule has 0 fully saturated rings. The van der Waals surface area contributed by atoms with Crippen molar-refractivity contribution >= 4 is 10.1 Å². The summed E-state index contributed by atoms with van der Waals surface area (Å²) in [7, 11) is -3.37. The second kappa shape index (κ2) is 5.54. The molecule has 0 spiro atoms. The number of rotatable bonds is 5. The molecule has 0 radical (unpaired) electrons. The van der Waals surface area contributed by atoms with Crippen LogP contribution in [0.25, 0.3) is 5.69 Å². The Kier molecular flexibility index (Phi) is 4.01. The molecule has 102 valence electrons. The van der Waals surface area contributed by atoms with Gasteiger partial charge in [-0.25, -0.2) is 4.68 Å². The zero-order valence-corrected chi connectivity index (χ0v) is 11.7. The normalized spacial score (nSPS) is 11.7. The van der Waals surface area contributed by atoms with Crippen LogP contribution in [0.15, 0.2) is 36.7 Å². The van der Waals surface area contributed by atoms with E-state index in [1.165, 1.54) is 0 Å². The van der Waals surface area contributed by atoms with Crippen molar-refractivity contribution in [3.05, 3.63) is 47.8 Å². The summed E-state index contributed by atoms with van der Waals surface area (Å²) in [6, 6.07) is 7.99. The molecule has 19 heavy (non-hydrogen) atoms. The Morgan fingerprint density at radius 3 is 2.84 bits per heavy atom. The van der Waals surface area contributed by atoms with Gasteiger partial charge < -0.3 is 0 Å². The van der Waals surface area contributed by atoms with E-state index in [0.717, 1.165) is 23.1 Å². The maximum atomic E-state index is 10.8. The molecule has 1 aromatic carbocycles. The maximum absolute atomic E-state index is 10.8. The molecule has 2 aromatic rings. The van der Waals surface area contributed by atoms with Gasteiger partial charge in [0.05, 0.1) is 24.7 Å². The van der Waals surface area contributed by atoms with Gasteiger partial charge in [-0.05, 0) is 30.2 Å². The first-order chi connectivity index (χ1) is 8.94. The second-order valence-electron chi connectivity index (χ2n) is 4.41. The summed E-state index contributed by atoms with van der Waals surface area (Å²) in [5, 5.41) is 4.25. The van der Waals surface area contributed by atoms with Crippen molar-refractivity contribution in [1.29, 1.82) is 0 Å². The van der Waals surface area contributed by atoms with Crippen LogP contribution in [0.5, 0.6) is 0 Å². The molecule has 0 aliphatic rings. The summed E-state index contributed by atoms with van der Waals surface area (Å²) in [6.45, 7) is 2.16. The van der Waals surface area contributed by atoms with Crippen molar-refractivity contribution in [2.24, 2.45) is 0 Å². The summed E-state index contributed by atoms with van der Waals surface area (Å²) in [5.41, 5.74) is 3.08. The molecule has 0 amide bonds. The number of nitrogens with zero attached hydrogens (tertiary/aromatic N) is 2. The highest BCUT2D eigenvalue weighted by atomic mass is 32.2. The smallest absolute Gasteiger partial charge is 0.264 e. The fourth-order valence-corrected chi connectivity index (χ4v) is 2.10. The molecule has 0 bridgehead atoms. The number of benzene rings is 1.